The molecule has 0 amide bonds. The highest BCUT2D eigenvalue weighted by atomic mass is 16.6. The van der Waals surface area contributed by atoms with Crippen LogP contribution in [-0.2, 0) is 14.3 Å². The topological polar surface area (TPSA) is 87.9 Å². The van der Waals surface area contributed by atoms with E-state index in [-0.39, 0.29) is 30.2 Å². The molecular weight excluding hydrogens is 278 g/mol. The second-order valence-electron chi connectivity index (χ2n) is 4.79. The molecule has 1 aromatic carbocycles. The fourth-order valence-corrected chi connectivity index (χ4v) is 2.15. The van der Waals surface area contributed by atoms with Gasteiger partial charge in [0.1, 0.15) is 6.10 Å². The number of nitro groups is 1. The molecule has 21 heavy (non-hydrogen) atoms. The first kappa shape index (κ1) is 15.4. The number of para-hydroxylation sites is 1. The third-order valence-electron chi connectivity index (χ3n) is 3.30. The SMILES string of the molecule is COCCOC1C(=O)CC1Oc1cccc(C)c1[N+](=O)[O-]. The van der Waals surface area contributed by atoms with Gasteiger partial charge in [-0.2, -0.15) is 0 Å². The van der Waals surface area contributed by atoms with Crippen LogP contribution in [0.2, 0.25) is 0 Å². The number of carbonyl (C=O) groups excluding carboxylic acids is 1. The maximum atomic E-state index is 11.5. The van der Waals surface area contributed by atoms with Crippen molar-refractivity contribution in [3.05, 3.63) is 33.9 Å². The number of carbonyl (C=O) groups is 1. The zero-order chi connectivity index (χ0) is 15.4. The Kier molecular flexibility index (Phi) is 4.87. The zero-order valence-electron chi connectivity index (χ0n) is 11.9. The summed E-state index contributed by atoms with van der Waals surface area (Å²) in [6.07, 6.45) is -0.974. The molecule has 2 unspecified atom stereocenters. The van der Waals surface area contributed by atoms with Gasteiger partial charge in [0.2, 0.25) is 0 Å². The smallest absolute Gasteiger partial charge is 0.313 e. The van der Waals surface area contributed by atoms with E-state index < -0.39 is 17.1 Å². The van der Waals surface area contributed by atoms with Gasteiger partial charge in [-0.25, -0.2) is 0 Å². The van der Waals surface area contributed by atoms with Crippen LogP contribution in [-0.4, -0.2) is 43.2 Å². The summed E-state index contributed by atoms with van der Waals surface area (Å²) in [7, 11) is 1.54. The van der Waals surface area contributed by atoms with Gasteiger partial charge in [0.15, 0.2) is 17.6 Å². The molecule has 1 fully saturated rings. The van der Waals surface area contributed by atoms with Crippen LogP contribution in [0.25, 0.3) is 0 Å². The molecule has 1 saturated carbocycles. The standard InChI is InChI=1S/C14H17NO6/c1-9-4-3-5-11(13(9)15(17)18)21-12-8-10(16)14(12)20-7-6-19-2/h3-5,12,14H,6-8H2,1-2H3. The molecule has 7 heteroatoms. The van der Waals surface area contributed by atoms with Crippen molar-refractivity contribution >= 4 is 11.5 Å². The van der Waals surface area contributed by atoms with Crippen molar-refractivity contribution in [3.63, 3.8) is 0 Å². The molecule has 2 rings (SSSR count). The van der Waals surface area contributed by atoms with Crippen LogP contribution in [0.5, 0.6) is 5.75 Å². The summed E-state index contributed by atoms with van der Waals surface area (Å²) in [5, 5.41) is 11.1. The minimum Gasteiger partial charge on any atom is -0.480 e. The minimum absolute atomic E-state index is 0.0635. The Morgan fingerprint density at radius 1 is 1.38 bits per heavy atom. The predicted octanol–water partition coefficient (Wildman–Crippen LogP) is 1.66. The van der Waals surface area contributed by atoms with E-state index in [1.807, 2.05) is 0 Å². The van der Waals surface area contributed by atoms with Gasteiger partial charge in [-0.1, -0.05) is 12.1 Å². The molecule has 2 atom stereocenters. The number of rotatable bonds is 7. The highest BCUT2D eigenvalue weighted by Crippen LogP contribution is 2.34. The normalized spacial score (nSPS) is 21.0. The van der Waals surface area contributed by atoms with E-state index in [1.54, 1.807) is 19.1 Å². The molecule has 0 spiro atoms. The van der Waals surface area contributed by atoms with Crippen LogP contribution >= 0.6 is 0 Å². The van der Waals surface area contributed by atoms with Crippen molar-refractivity contribution in [1.29, 1.82) is 0 Å². The highest BCUT2D eigenvalue weighted by molar-refractivity contribution is 5.90. The third-order valence-corrected chi connectivity index (χ3v) is 3.30. The van der Waals surface area contributed by atoms with E-state index in [1.165, 1.54) is 13.2 Å². The molecule has 1 aliphatic rings. The minimum atomic E-state index is -0.680. The van der Waals surface area contributed by atoms with Crippen molar-refractivity contribution in [2.24, 2.45) is 0 Å². The Labute approximate surface area is 122 Å². The molecule has 0 bridgehead atoms. The van der Waals surface area contributed by atoms with Gasteiger partial charge in [0, 0.05) is 19.1 Å². The maximum absolute atomic E-state index is 11.5. The van der Waals surface area contributed by atoms with Crippen molar-refractivity contribution in [1.82, 2.24) is 0 Å². The number of Topliss-reactive ketones (excluding diaryl/α,β-unsaturated/α-hetero) is 1. The number of hydrogen-bond donors (Lipinski definition) is 0. The van der Waals surface area contributed by atoms with E-state index in [4.69, 9.17) is 14.2 Å². The van der Waals surface area contributed by atoms with Crippen molar-refractivity contribution in [2.75, 3.05) is 20.3 Å². The van der Waals surface area contributed by atoms with Crippen LogP contribution in [0.15, 0.2) is 18.2 Å². The summed E-state index contributed by atoms with van der Waals surface area (Å²) in [6, 6.07) is 4.85. The largest absolute Gasteiger partial charge is 0.480 e. The summed E-state index contributed by atoms with van der Waals surface area (Å²) in [5.74, 6) is 0.101. The van der Waals surface area contributed by atoms with Crippen LogP contribution in [0.1, 0.15) is 12.0 Å². The van der Waals surface area contributed by atoms with Gasteiger partial charge in [0.05, 0.1) is 18.1 Å². The lowest BCUT2D eigenvalue weighted by Gasteiger charge is -2.34. The number of nitro benzene ring substituents is 1. The zero-order valence-corrected chi connectivity index (χ0v) is 11.9. The maximum Gasteiger partial charge on any atom is 0.313 e. The number of ether oxygens (including phenoxy) is 3. The first-order chi connectivity index (χ1) is 10.0. The Hall–Kier alpha value is -1.99. The average Bonchev–Trinajstić information content (AvgIpc) is 2.42. The molecule has 0 N–H and O–H groups in total. The van der Waals surface area contributed by atoms with Crippen molar-refractivity contribution in [3.8, 4) is 5.75 Å². The Morgan fingerprint density at radius 3 is 2.76 bits per heavy atom. The first-order valence-electron chi connectivity index (χ1n) is 6.58. The lowest BCUT2D eigenvalue weighted by atomic mass is 9.90. The third kappa shape index (κ3) is 3.37. The summed E-state index contributed by atoms with van der Waals surface area (Å²) >= 11 is 0. The van der Waals surface area contributed by atoms with Gasteiger partial charge in [-0.15, -0.1) is 0 Å². The summed E-state index contributed by atoms with van der Waals surface area (Å²) < 4.78 is 15.8. The predicted molar refractivity (Wildman–Crippen MR) is 73.5 cm³/mol. The van der Waals surface area contributed by atoms with E-state index in [0.29, 0.717) is 12.2 Å². The van der Waals surface area contributed by atoms with E-state index in [0.717, 1.165) is 0 Å². The fraction of sp³-hybridized carbons (Fsp3) is 0.500. The molecule has 7 nitrogen and oxygen atoms in total. The Morgan fingerprint density at radius 2 is 2.14 bits per heavy atom. The number of methoxy groups -OCH3 is 1. The van der Waals surface area contributed by atoms with E-state index >= 15 is 0 Å². The molecule has 1 aromatic rings. The van der Waals surface area contributed by atoms with E-state index in [2.05, 4.69) is 0 Å². The molecule has 0 aliphatic heterocycles. The molecule has 0 heterocycles. The second-order valence-corrected chi connectivity index (χ2v) is 4.79. The van der Waals surface area contributed by atoms with E-state index in [9.17, 15) is 14.9 Å². The number of hydrogen-bond acceptors (Lipinski definition) is 6. The Balaban J connectivity index is 2.06. The number of benzene rings is 1. The lowest BCUT2D eigenvalue weighted by molar-refractivity contribution is -0.386. The number of ketones is 1. The summed E-state index contributed by atoms with van der Waals surface area (Å²) in [4.78, 5) is 22.1. The summed E-state index contributed by atoms with van der Waals surface area (Å²) in [5.41, 5.74) is 0.437. The molecule has 114 valence electrons. The highest BCUT2D eigenvalue weighted by Gasteiger charge is 2.43. The second kappa shape index (κ2) is 6.64. The monoisotopic (exact) mass is 295 g/mol. The molecule has 1 aliphatic carbocycles. The van der Waals surface area contributed by atoms with Gasteiger partial charge < -0.3 is 14.2 Å². The van der Waals surface area contributed by atoms with Crippen LogP contribution in [0.3, 0.4) is 0 Å². The van der Waals surface area contributed by atoms with Gasteiger partial charge in [0.25, 0.3) is 0 Å². The average molecular weight is 295 g/mol. The van der Waals surface area contributed by atoms with Gasteiger partial charge in [-0.3, -0.25) is 14.9 Å². The van der Waals surface area contributed by atoms with Crippen molar-refractivity contribution < 1.29 is 23.9 Å². The number of nitrogens with zero attached hydrogens (tertiary/aromatic N) is 1. The molecular formula is C14H17NO6. The quantitative estimate of drug-likeness (QED) is 0.432. The van der Waals surface area contributed by atoms with Crippen molar-refractivity contribution in [2.45, 2.75) is 25.6 Å². The summed E-state index contributed by atoms with van der Waals surface area (Å²) in [6.45, 7) is 2.30. The number of aryl methyl sites for hydroxylation is 1. The van der Waals surface area contributed by atoms with Gasteiger partial charge in [-0.05, 0) is 13.0 Å². The van der Waals surface area contributed by atoms with Gasteiger partial charge >= 0.3 is 5.69 Å². The molecule has 0 saturated heterocycles. The Bertz CT molecular complexity index is 544. The van der Waals surface area contributed by atoms with Crippen LogP contribution < -0.4 is 4.74 Å². The molecule has 0 radical (unpaired) electrons. The first-order valence-corrected chi connectivity index (χ1v) is 6.58. The van der Waals surface area contributed by atoms with Crippen LogP contribution in [0, 0.1) is 17.0 Å². The lowest BCUT2D eigenvalue weighted by Crippen LogP contribution is -2.52. The fourth-order valence-electron chi connectivity index (χ4n) is 2.15. The van der Waals surface area contributed by atoms with Crippen LogP contribution in [0.4, 0.5) is 5.69 Å². The molecule has 0 aromatic heterocycles.